The molecule has 0 spiro atoms. The molecule has 0 radical (unpaired) electrons. The highest BCUT2D eigenvalue weighted by Crippen LogP contribution is 2.26. The average molecular weight is 258 g/mol. The van der Waals surface area contributed by atoms with E-state index in [-0.39, 0.29) is 6.42 Å². The summed E-state index contributed by atoms with van der Waals surface area (Å²) in [6.45, 7) is 0.935. The maximum Gasteiger partial charge on any atom is 0.309 e. The van der Waals surface area contributed by atoms with Crippen LogP contribution in [-0.4, -0.2) is 33.6 Å². The SMILES string of the molecule is O=C(O)Cc1csc(NCC2CCCS2)n1. The van der Waals surface area contributed by atoms with E-state index in [1.54, 1.807) is 5.38 Å². The van der Waals surface area contributed by atoms with Crippen LogP contribution in [0.15, 0.2) is 5.38 Å². The van der Waals surface area contributed by atoms with Crippen molar-refractivity contribution in [1.29, 1.82) is 0 Å². The van der Waals surface area contributed by atoms with Crippen LogP contribution in [0, 0.1) is 0 Å². The molecule has 1 aliphatic rings. The molecular weight excluding hydrogens is 244 g/mol. The molecule has 0 saturated carbocycles. The topological polar surface area (TPSA) is 62.2 Å². The third-order valence-electron chi connectivity index (χ3n) is 2.39. The minimum absolute atomic E-state index is 0.0103. The number of thioether (sulfide) groups is 1. The number of carboxylic acid groups (broad SMARTS) is 1. The smallest absolute Gasteiger partial charge is 0.309 e. The molecule has 2 N–H and O–H groups in total. The minimum Gasteiger partial charge on any atom is -0.481 e. The summed E-state index contributed by atoms with van der Waals surface area (Å²) in [5, 5.41) is 15.2. The van der Waals surface area contributed by atoms with E-state index in [1.807, 2.05) is 11.8 Å². The predicted octanol–water partition coefficient (Wildman–Crippen LogP) is 2.08. The number of hydrogen-bond donors (Lipinski definition) is 2. The number of aromatic nitrogens is 1. The Morgan fingerprint density at radius 1 is 1.69 bits per heavy atom. The number of anilines is 1. The average Bonchev–Trinajstić information content (AvgIpc) is 2.84. The number of carbonyl (C=O) groups is 1. The molecule has 6 heteroatoms. The summed E-state index contributed by atoms with van der Waals surface area (Å²) in [4.78, 5) is 14.7. The molecule has 0 aromatic carbocycles. The summed E-state index contributed by atoms with van der Waals surface area (Å²) >= 11 is 3.48. The molecule has 1 unspecified atom stereocenters. The van der Waals surface area contributed by atoms with Crippen LogP contribution in [-0.2, 0) is 11.2 Å². The zero-order valence-electron chi connectivity index (χ0n) is 8.81. The van der Waals surface area contributed by atoms with Gasteiger partial charge in [-0.15, -0.1) is 11.3 Å². The zero-order valence-corrected chi connectivity index (χ0v) is 10.4. The lowest BCUT2D eigenvalue weighted by Crippen LogP contribution is -2.13. The molecule has 4 nitrogen and oxygen atoms in total. The van der Waals surface area contributed by atoms with Gasteiger partial charge in [0.25, 0.3) is 0 Å². The molecule has 1 aromatic heterocycles. The fourth-order valence-corrected chi connectivity index (χ4v) is 3.55. The van der Waals surface area contributed by atoms with Gasteiger partial charge in [-0.1, -0.05) is 0 Å². The highest BCUT2D eigenvalue weighted by atomic mass is 32.2. The Morgan fingerprint density at radius 2 is 2.56 bits per heavy atom. The molecule has 0 amide bonds. The molecule has 1 aliphatic heterocycles. The lowest BCUT2D eigenvalue weighted by atomic mass is 10.2. The van der Waals surface area contributed by atoms with Crippen LogP contribution < -0.4 is 5.32 Å². The van der Waals surface area contributed by atoms with Crippen molar-refractivity contribution in [1.82, 2.24) is 4.98 Å². The molecule has 16 heavy (non-hydrogen) atoms. The van der Waals surface area contributed by atoms with Gasteiger partial charge in [-0.2, -0.15) is 11.8 Å². The lowest BCUT2D eigenvalue weighted by molar-refractivity contribution is -0.136. The van der Waals surface area contributed by atoms with Gasteiger partial charge in [-0.3, -0.25) is 4.79 Å². The Bertz CT molecular complexity index is 361. The lowest BCUT2D eigenvalue weighted by Gasteiger charge is -2.08. The van der Waals surface area contributed by atoms with Gasteiger partial charge in [0.05, 0.1) is 12.1 Å². The van der Waals surface area contributed by atoms with E-state index in [9.17, 15) is 4.79 Å². The Labute approximate surface area is 102 Å². The van der Waals surface area contributed by atoms with Gasteiger partial charge in [-0.25, -0.2) is 4.98 Å². The molecule has 0 aliphatic carbocycles. The van der Waals surface area contributed by atoms with Crippen molar-refractivity contribution in [2.75, 3.05) is 17.6 Å². The minimum atomic E-state index is -0.830. The Balaban J connectivity index is 1.80. The van der Waals surface area contributed by atoms with E-state index < -0.39 is 5.97 Å². The van der Waals surface area contributed by atoms with Gasteiger partial charge in [0.2, 0.25) is 0 Å². The highest BCUT2D eigenvalue weighted by molar-refractivity contribution is 8.00. The van der Waals surface area contributed by atoms with E-state index in [2.05, 4.69) is 10.3 Å². The zero-order chi connectivity index (χ0) is 11.4. The monoisotopic (exact) mass is 258 g/mol. The van der Waals surface area contributed by atoms with Crippen molar-refractivity contribution in [3.8, 4) is 0 Å². The quantitative estimate of drug-likeness (QED) is 0.846. The van der Waals surface area contributed by atoms with Gasteiger partial charge in [0, 0.05) is 17.2 Å². The van der Waals surface area contributed by atoms with E-state index in [4.69, 9.17) is 5.11 Å². The van der Waals surface area contributed by atoms with Gasteiger partial charge >= 0.3 is 5.97 Å². The first-order valence-electron chi connectivity index (χ1n) is 5.25. The molecule has 2 heterocycles. The van der Waals surface area contributed by atoms with Crippen LogP contribution in [0.2, 0.25) is 0 Å². The highest BCUT2D eigenvalue weighted by Gasteiger charge is 2.15. The fourth-order valence-electron chi connectivity index (χ4n) is 1.63. The van der Waals surface area contributed by atoms with Crippen molar-refractivity contribution in [3.63, 3.8) is 0 Å². The van der Waals surface area contributed by atoms with Crippen LogP contribution in [0.25, 0.3) is 0 Å². The Morgan fingerprint density at radius 3 is 3.25 bits per heavy atom. The summed E-state index contributed by atoms with van der Waals surface area (Å²) in [5.74, 6) is 0.428. The van der Waals surface area contributed by atoms with Gasteiger partial charge in [-0.05, 0) is 18.6 Å². The van der Waals surface area contributed by atoms with E-state index >= 15 is 0 Å². The predicted molar refractivity (Wildman–Crippen MR) is 67.4 cm³/mol. The summed E-state index contributed by atoms with van der Waals surface area (Å²) in [5.41, 5.74) is 0.638. The van der Waals surface area contributed by atoms with E-state index in [0.717, 1.165) is 11.7 Å². The number of rotatable bonds is 5. The standard InChI is InChI=1S/C10H14N2O2S2/c13-9(14)4-7-6-16-10(12-7)11-5-8-2-1-3-15-8/h6,8H,1-5H2,(H,11,12)(H,13,14). The van der Waals surface area contributed by atoms with E-state index in [1.165, 1.54) is 29.9 Å². The summed E-state index contributed by atoms with van der Waals surface area (Å²) < 4.78 is 0. The number of nitrogens with zero attached hydrogens (tertiary/aromatic N) is 1. The second-order valence-electron chi connectivity index (χ2n) is 3.73. The summed E-state index contributed by atoms with van der Waals surface area (Å²) in [6.07, 6.45) is 2.58. The van der Waals surface area contributed by atoms with Crippen molar-refractivity contribution in [2.24, 2.45) is 0 Å². The van der Waals surface area contributed by atoms with Crippen molar-refractivity contribution in [2.45, 2.75) is 24.5 Å². The van der Waals surface area contributed by atoms with Crippen LogP contribution >= 0.6 is 23.1 Å². The number of carboxylic acids is 1. The second-order valence-corrected chi connectivity index (χ2v) is 6.00. The maximum absolute atomic E-state index is 10.5. The summed E-state index contributed by atoms with van der Waals surface area (Å²) in [6, 6.07) is 0. The van der Waals surface area contributed by atoms with E-state index in [0.29, 0.717) is 10.9 Å². The number of hydrogen-bond acceptors (Lipinski definition) is 5. The van der Waals surface area contributed by atoms with Crippen LogP contribution in [0.4, 0.5) is 5.13 Å². The molecule has 1 aromatic rings. The van der Waals surface area contributed by atoms with Crippen LogP contribution in [0.3, 0.4) is 0 Å². The van der Waals surface area contributed by atoms with Crippen molar-refractivity contribution >= 4 is 34.2 Å². The van der Waals surface area contributed by atoms with Gasteiger partial charge < -0.3 is 10.4 Å². The molecule has 88 valence electrons. The Hall–Kier alpha value is -0.750. The largest absolute Gasteiger partial charge is 0.481 e. The third-order valence-corrected chi connectivity index (χ3v) is 4.64. The maximum atomic E-state index is 10.5. The normalized spacial score (nSPS) is 19.9. The summed E-state index contributed by atoms with van der Waals surface area (Å²) in [7, 11) is 0. The first-order chi connectivity index (χ1) is 7.74. The van der Waals surface area contributed by atoms with Crippen molar-refractivity contribution < 1.29 is 9.90 Å². The van der Waals surface area contributed by atoms with Crippen LogP contribution in [0.5, 0.6) is 0 Å². The van der Waals surface area contributed by atoms with Crippen molar-refractivity contribution in [3.05, 3.63) is 11.1 Å². The number of nitrogens with one attached hydrogen (secondary N) is 1. The van der Waals surface area contributed by atoms with Crippen LogP contribution in [0.1, 0.15) is 18.5 Å². The molecule has 1 fully saturated rings. The molecule has 1 saturated heterocycles. The second kappa shape index (κ2) is 5.54. The first kappa shape index (κ1) is 11.7. The molecule has 0 bridgehead atoms. The number of aliphatic carboxylic acids is 1. The molecule has 2 rings (SSSR count). The fraction of sp³-hybridized carbons (Fsp3) is 0.600. The van der Waals surface area contributed by atoms with Gasteiger partial charge in [0.15, 0.2) is 5.13 Å². The first-order valence-corrected chi connectivity index (χ1v) is 7.18. The molecule has 1 atom stereocenters. The third kappa shape index (κ3) is 3.38. The molecular formula is C10H14N2O2S2. The Kier molecular flexibility index (Phi) is 4.06. The number of thiazole rings is 1. The van der Waals surface area contributed by atoms with Gasteiger partial charge in [0.1, 0.15) is 0 Å².